The predicted octanol–water partition coefficient (Wildman–Crippen LogP) is 5.54. The number of amides is 1. The predicted molar refractivity (Wildman–Crippen MR) is 131 cm³/mol. The average molecular weight is 520 g/mol. The van der Waals surface area contributed by atoms with Crippen LogP contribution in [0.15, 0.2) is 38.9 Å². The number of benzene rings is 1. The van der Waals surface area contributed by atoms with E-state index in [2.05, 4.69) is 26.3 Å². The van der Waals surface area contributed by atoms with Crippen molar-refractivity contribution in [2.75, 3.05) is 11.9 Å². The summed E-state index contributed by atoms with van der Waals surface area (Å²) in [5.41, 5.74) is 0.137. The quantitative estimate of drug-likeness (QED) is 0.374. The minimum atomic E-state index is -0.617. The number of nitrogens with zero attached hydrogens (tertiary/aromatic N) is 2. The molecule has 32 heavy (non-hydrogen) atoms. The van der Waals surface area contributed by atoms with Crippen LogP contribution in [0.3, 0.4) is 0 Å². The van der Waals surface area contributed by atoms with E-state index in [4.69, 9.17) is 4.74 Å². The summed E-state index contributed by atoms with van der Waals surface area (Å²) in [5, 5.41) is 9.99. The molecule has 0 saturated carbocycles. The Hall–Kier alpha value is -2.52. The highest BCUT2D eigenvalue weighted by Crippen LogP contribution is 2.31. The summed E-state index contributed by atoms with van der Waals surface area (Å²) in [7, 11) is 0. The molecule has 2 heterocycles. The summed E-state index contributed by atoms with van der Waals surface area (Å²) in [4.78, 5) is 39.0. The number of fused-ring (bicyclic) bond motifs is 1. The van der Waals surface area contributed by atoms with E-state index in [9.17, 15) is 14.4 Å². The van der Waals surface area contributed by atoms with Crippen LogP contribution in [0, 0.1) is 5.92 Å². The van der Waals surface area contributed by atoms with E-state index in [1.165, 1.54) is 16.0 Å². The van der Waals surface area contributed by atoms with Crippen molar-refractivity contribution in [3.05, 3.63) is 50.2 Å². The van der Waals surface area contributed by atoms with Gasteiger partial charge in [-0.25, -0.2) is 4.79 Å². The van der Waals surface area contributed by atoms with Crippen molar-refractivity contribution in [1.82, 2.24) is 9.78 Å². The molecular weight excluding hydrogens is 494 g/mol. The maximum atomic E-state index is 13.4. The molecule has 0 saturated heterocycles. The average Bonchev–Trinajstić information content (AvgIpc) is 3.19. The van der Waals surface area contributed by atoms with Crippen molar-refractivity contribution in [2.45, 2.75) is 46.5 Å². The maximum absolute atomic E-state index is 13.4. The summed E-state index contributed by atoms with van der Waals surface area (Å²) >= 11 is 4.59. The Morgan fingerprint density at radius 2 is 1.81 bits per heavy atom. The number of anilines is 1. The highest BCUT2D eigenvalue weighted by molar-refractivity contribution is 9.10. The van der Waals surface area contributed by atoms with Crippen molar-refractivity contribution >= 4 is 54.9 Å². The number of hydrogen-bond acceptors (Lipinski definition) is 6. The molecule has 170 valence electrons. The largest absolute Gasteiger partial charge is 0.461 e. The van der Waals surface area contributed by atoms with Crippen molar-refractivity contribution in [3.63, 3.8) is 0 Å². The molecule has 0 atom stereocenters. The first-order valence-electron chi connectivity index (χ1n) is 10.7. The number of ether oxygens (including phenoxy) is 1. The van der Waals surface area contributed by atoms with E-state index in [0.29, 0.717) is 16.1 Å². The Kier molecular flexibility index (Phi) is 8.20. The molecule has 1 N–H and O–H groups in total. The fourth-order valence-corrected chi connectivity index (χ4v) is 4.77. The number of esters is 1. The van der Waals surface area contributed by atoms with Crippen LogP contribution < -0.4 is 10.9 Å². The second-order valence-corrected chi connectivity index (χ2v) is 9.17. The van der Waals surface area contributed by atoms with Crippen molar-refractivity contribution < 1.29 is 14.3 Å². The van der Waals surface area contributed by atoms with E-state index in [-0.39, 0.29) is 29.5 Å². The Morgan fingerprint density at radius 1 is 1.16 bits per heavy atom. The Morgan fingerprint density at radius 3 is 2.41 bits per heavy atom. The van der Waals surface area contributed by atoms with Gasteiger partial charge >= 0.3 is 5.97 Å². The van der Waals surface area contributed by atoms with Crippen LogP contribution in [0.2, 0.25) is 0 Å². The molecule has 0 unspecified atom stereocenters. The maximum Gasteiger partial charge on any atom is 0.359 e. The highest BCUT2D eigenvalue weighted by atomic mass is 79.9. The minimum Gasteiger partial charge on any atom is -0.461 e. The van der Waals surface area contributed by atoms with Crippen molar-refractivity contribution in [2.24, 2.45) is 5.92 Å². The molecule has 0 aliphatic heterocycles. The molecule has 3 rings (SSSR count). The molecule has 3 aromatic rings. The van der Waals surface area contributed by atoms with Gasteiger partial charge in [-0.15, -0.1) is 11.3 Å². The smallest absolute Gasteiger partial charge is 0.359 e. The van der Waals surface area contributed by atoms with Crippen LogP contribution in [0.1, 0.15) is 56.9 Å². The third kappa shape index (κ3) is 5.10. The molecule has 0 spiro atoms. The number of halogens is 1. The molecule has 9 heteroatoms. The first-order chi connectivity index (χ1) is 15.4. The lowest BCUT2D eigenvalue weighted by molar-refractivity contribution is -0.120. The summed E-state index contributed by atoms with van der Waals surface area (Å²) in [5.74, 6) is -0.849. The van der Waals surface area contributed by atoms with Gasteiger partial charge in [-0.1, -0.05) is 42.6 Å². The normalized spacial score (nSPS) is 11.2. The van der Waals surface area contributed by atoms with Crippen LogP contribution in [0.5, 0.6) is 0 Å². The monoisotopic (exact) mass is 519 g/mol. The van der Waals surface area contributed by atoms with E-state index in [1.54, 1.807) is 36.6 Å². The first-order valence-corrected chi connectivity index (χ1v) is 12.4. The molecule has 7 nitrogen and oxygen atoms in total. The number of carbonyl (C=O) groups is 2. The lowest BCUT2D eigenvalue weighted by atomic mass is 9.97. The van der Waals surface area contributed by atoms with E-state index in [0.717, 1.165) is 30.2 Å². The van der Waals surface area contributed by atoms with Gasteiger partial charge in [0.2, 0.25) is 5.91 Å². The number of aromatic nitrogens is 2. The fraction of sp³-hybridized carbons (Fsp3) is 0.391. The minimum absolute atomic E-state index is 0.0415. The first kappa shape index (κ1) is 24.1. The van der Waals surface area contributed by atoms with Crippen LogP contribution in [0.25, 0.3) is 16.5 Å². The molecule has 0 aliphatic rings. The molecule has 0 bridgehead atoms. The molecule has 0 fully saturated rings. The zero-order valence-corrected chi connectivity index (χ0v) is 20.7. The number of carbonyl (C=O) groups excluding carboxylic acids is 2. The Bertz CT molecular complexity index is 1160. The SMILES string of the molecule is CCCC(CCC)C(=O)Nc1scc2c(C(=O)OCC)nn(-c3ccc(Br)cc3)c(=O)c12. The molecular formula is C23H26BrN3O4S. The molecule has 1 amide bonds. The second-order valence-electron chi connectivity index (χ2n) is 7.38. The third-order valence-corrected chi connectivity index (χ3v) is 6.50. The standard InChI is InChI=1S/C23H26BrN3O4S/c1-4-7-14(8-5-2)20(28)25-21-18-17(13-32-21)19(23(30)31-6-3)26-27(22(18)29)16-11-9-15(24)10-12-16/h9-14H,4-8H2,1-3H3,(H,25,28). The van der Waals surface area contributed by atoms with Gasteiger partial charge < -0.3 is 10.1 Å². The van der Waals surface area contributed by atoms with E-state index < -0.39 is 11.5 Å². The van der Waals surface area contributed by atoms with Crippen LogP contribution in [-0.2, 0) is 9.53 Å². The van der Waals surface area contributed by atoms with Gasteiger partial charge in [-0.2, -0.15) is 9.78 Å². The van der Waals surface area contributed by atoms with Crippen molar-refractivity contribution in [1.29, 1.82) is 0 Å². The lowest BCUT2D eigenvalue weighted by Gasteiger charge is -2.15. The number of hydrogen-bond donors (Lipinski definition) is 1. The summed E-state index contributed by atoms with van der Waals surface area (Å²) in [6, 6.07) is 7.02. The van der Waals surface area contributed by atoms with Gasteiger partial charge in [-0.05, 0) is 44.0 Å². The molecule has 1 aromatic carbocycles. The zero-order chi connectivity index (χ0) is 23.3. The third-order valence-electron chi connectivity index (χ3n) is 5.07. The van der Waals surface area contributed by atoms with Gasteiger partial charge in [0.25, 0.3) is 5.56 Å². The Labute approximate surface area is 198 Å². The van der Waals surface area contributed by atoms with Gasteiger partial charge in [0.05, 0.1) is 17.7 Å². The number of rotatable bonds is 9. The zero-order valence-electron chi connectivity index (χ0n) is 18.3. The van der Waals surface area contributed by atoms with E-state index in [1.807, 2.05) is 13.8 Å². The topological polar surface area (TPSA) is 90.3 Å². The Balaban J connectivity index is 2.15. The van der Waals surface area contributed by atoms with Crippen LogP contribution >= 0.6 is 27.3 Å². The summed E-state index contributed by atoms with van der Waals surface area (Å²) in [6.45, 7) is 5.98. The second kappa shape index (κ2) is 10.9. The van der Waals surface area contributed by atoms with Crippen LogP contribution in [-0.4, -0.2) is 28.3 Å². The number of nitrogens with one attached hydrogen (secondary N) is 1. The molecule has 0 aliphatic carbocycles. The molecule has 2 aromatic heterocycles. The van der Waals surface area contributed by atoms with Gasteiger partial charge in [0.15, 0.2) is 5.69 Å². The summed E-state index contributed by atoms with van der Waals surface area (Å²) < 4.78 is 7.20. The van der Waals surface area contributed by atoms with Gasteiger partial charge in [-0.3, -0.25) is 9.59 Å². The fourth-order valence-electron chi connectivity index (χ4n) is 3.57. The van der Waals surface area contributed by atoms with Crippen LogP contribution in [0.4, 0.5) is 5.00 Å². The van der Waals surface area contributed by atoms with Crippen molar-refractivity contribution in [3.8, 4) is 5.69 Å². The van der Waals surface area contributed by atoms with Gasteiger partial charge in [0, 0.05) is 21.2 Å². The van der Waals surface area contributed by atoms with E-state index >= 15 is 0 Å². The summed E-state index contributed by atoms with van der Waals surface area (Å²) in [6.07, 6.45) is 3.36. The number of thiophene rings is 1. The van der Waals surface area contributed by atoms with Gasteiger partial charge in [0.1, 0.15) is 5.00 Å². The lowest BCUT2D eigenvalue weighted by Crippen LogP contribution is -2.26. The molecule has 0 radical (unpaired) electrons. The highest BCUT2D eigenvalue weighted by Gasteiger charge is 2.24.